The van der Waals surface area contributed by atoms with Crippen LogP contribution in [0.1, 0.15) is 29.2 Å². The number of thioether (sulfide) groups is 1. The molecule has 3 aromatic carbocycles. The molecule has 0 bridgehead atoms. The van der Waals surface area contributed by atoms with Crippen molar-refractivity contribution in [2.45, 2.75) is 24.7 Å². The first-order chi connectivity index (χ1) is 15.1. The lowest BCUT2D eigenvalue weighted by atomic mass is 9.87. The number of hydrogen-bond donors (Lipinski definition) is 1. The maximum absolute atomic E-state index is 13.2. The number of halogens is 1. The molecule has 3 nitrogen and oxygen atoms in total. The van der Waals surface area contributed by atoms with E-state index in [9.17, 15) is 14.3 Å². The Morgan fingerprint density at radius 3 is 2.19 bits per heavy atom. The molecular formula is C26H23FO3S. The minimum atomic E-state index is -0.560. The highest BCUT2D eigenvalue weighted by Crippen LogP contribution is 2.43. The van der Waals surface area contributed by atoms with Gasteiger partial charge in [-0.2, -0.15) is 0 Å². The van der Waals surface area contributed by atoms with E-state index < -0.39 is 12.1 Å². The van der Waals surface area contributed by atoms with Crippen molar-refractivity contribution in [2.75, 3.05) is 0 Å². The molecule has 0 saturated heterocycles. The number of esters is 1. The Morgan fingerprint density at radius 2 is 1.52 bits per heavy atom. The molecule has 2 unspecified atom stereocenters. The monoisotopic (exact) mass is 434 g/mol. The van der Waals surface area contributed by atoms with Crippen molar-refractivity contribution in [1.82, 2.24) is 0 Å². The summed E-state index contributed by atoms with van der Waals surface area (Å²) in [5, 5.41) is 11.1. The first kappa shape index (κ1) is 21.2. The quantitative estimate of drug-likeness (QED) is 0.439. The summed E-state index contributed by atoms with van der Waals surface area (Å²) >= 11 is 1.30. The number of cyclic esters (lactones) is 1. The van der Waals surface area contributed by atoms with Gasteiger partial charge in [0.1, 0.15) is 22.6 Å². The van der Waals surface area contributed by atoms with Gasteiger partial charge in [-0.1, -0.05) is 72.8 Å². The molecule has 5 heteroatoms. The van der Waals surface area contributed by atoms with E-state index in [2.05, 4.69) is 0 Å². The fourth-order valence-corrected chi connectivity index (χ4v) is 4.70. The van der Waals surface area contributed by atoms with Crippen LogP contribution in [0.5, 0.6) is 0 Å². The normalized spacial score (nSPS) is 18.7. The zero-order chi connectivity index (χ0) is 21.6. The highest BCUT2D eigenvalue weighted by Gasteiger charge is 2.38. The van der Waals surface area contributed by atoms with Crippen molar-refractivity contribution < 1.29 is 19.0 Å². The fraction of sp³-hybridized carbons (Fsp3) is 0.192. The number of carbonyl (C=O) groups is 1. The summed E-state index contributed by atoms with van der Waals surface area (Å²) in [5.41, 5.74) is 2.88. The molecule has 0 spiro atoms. The van der Waals surface area contributed by atoms with Crippen LogP contribution >= 0.6 is 11.8 Å². The fourth-order valence-electron chi connectivity index (χ4n) is 3.73. The van der Waals surface area contributed by atoms with E-state index in [0.717, 1.165) is 16.7 Å². The van der Waals surface area contributed by atoms with Crippen LogP contribution in [0.3, 0.4) is 0 Å². The van der Waals surface area contributed by atoms with Crippen LogP contribution in [0.25, 0.3) is 0 Å². The second-order valence-corrected chi connectivity index (χ2v) is 8.48. The number of ether oxygens (including phenoxy) is 1. The summed E-state index contributed by atoms with van der Waals surface area (Å²) in [6.45, 7) is 0. The first-order valence-electron chi connectivity index (χ1n) is 10.2. The highest BCUT2D eigenvalue weighted by molar-refractivity contribution is 8.03. The predicted octanol–water partition coefficient (Wildman–Crippen LogP) is 6.38. The van der Waals surface area contributed by atoms with Crippen molar-refractivity contribution in [3.63, 3.8) is 0 Å². The van der Waals surface area contributed by atoms with Gasteiger partial charge < -0.3 is 9.84 Å². The molecule has 4 rings (SSSR count). The Bertz CT molecular complexity index is 1050. The van der Waals surface area contributed by atoms with Crippen LogP contribution in [-0.4, -0.2) is 11.1 Å². The largest absolute Gasteiger partial charge is 0.510 e. The summed E-state index contributed by atoms with van der Waals surface area (Å²) < 4.78 is 19.1. The molecular weight excluding hydrogens is 411 g/mol. The Labute approximate surface area is 185 Å². The highest BCUT2D eigenvalue weighted by atomic mass is 32.2. The summed E-state index contributed by atoms with van der Waals surface area (Å²) in [5.74, 6) is -0.502. The Kier molecular flexibility index (Phi) is 6.73. The molecule has 1 aliphatic heterocycles. The predicted molar refractivity (Wildman–Crippen MR) is 121 cm³/mol. The average molecular weight is 435 g/mol. The zero-order valence-corrected chi connectivity index (χ0v) is 17.7. The lowest BCUT2D eigenvalue weighted by Gasteiger charge is -2.32. The Balaban J connectivity index is 1.59. The van der Waals surface area contributed by atoms with Gasteiger partial charge >= 0.3 is 5.97 Å². The van der Waals surface area contributed by atoms with Crippen LogP contribution in [0.2, 0.25) is 0 Å². The number of carbonyl (C=O) groups excluding carboxylic acids is 1. The van der Waals surface area contributed by atoms with Gasteiger partial charge in [-0.3, -0.25) is 0 Å². The molecule has 31 heavy (non-hydrogen) atoms. The molecule has 0 saturated carbocycles. The maximum atomic E-state index is 13.2. The van der Waals surface area contributed by atoms with Crippen LogP contribution in [0, 0.1) is 11.7 Å². The second-order valence-electron chi connectivity index (χ2n) is 7.50. The summed E-state index contributed by atoms with van der Waals surface area (Å²) in [6, 6.07) is 25.6. The summed E-state index contributed by atoms with van der Waals surface area (Å²) in [7, 11) is 0. The van der Waals surface area contributed by atoms with E-state index in [0.29, 0.717) is 18.6 Å². The number of benzene rings is 3. The van der Waals surface area contributed by atoms with Gasteiger partial charge in [-0.05, 0) is 41.7 Å². The van der Waals surface area contributed by atoms with Crippen molar-refractivity contribution >= 4 is 17.7 Å². The smallest absolute Gasteiger partial charge is 0.348 e. The molecule has 0 aliphatic carbocycles. The Morgan fingerprint density at radius 1 is 0.871 bits per heavy atom. The van der Waals surface area contributed by atoms with Gasteiger partial charge in [-0.25, -0.2) is 9.18 Å². The molecule has 0 radical (unpaired) electrons. The summed E-state index contributed by atoms with van der Waals surface area (Å²) in [4.78, 5) is 13.0. The number of rotatable bonds is 7. The number of aliphatic hydroxyl groups is 1. The molecule has 3 aromatic rings. The molecule has 1 heterocycles. The van der Waals surface area contributed by atoms with Crippen molar-refractivity contribution in [3.05, 3.63) is 118 Å². The lowest BCUT2D eigenvalue weighted by Crippen LogP contribution is -2.29. The van der Waals surface area contributed by atoms with Gasteiger partial charge in [0.25, 0.3) is 0 Å². The van der Waals surface area contributed by atoms with Crippen LogP contribution in [0.15, 0.2) is 95.6 Å². The van der Waals surface area contributed by atoms with Crippen LogP contribution < -0.4 is 0 Å². The molecule has 2 atom stereocenters. The minimum absolute atomic E-state index is 0.0770. The molecule has 158 valence electrons. The van der Waals surface area contributed by atoms with E-state index in [-0.39, 0.29) is 22.4 Å². The lowest BCUT2D eigenvalue weighted by molar-refractivity contribution is -0.149. The van der Waals surface area contributed by atoms with Gasteiger partial charge in [0.05, 0.1) is 5.92 Å². The summed E-state index contributed by atoms with van der Waals surface area (Å²) in [6.07, 6.45) is 0.641. The first-order valence-corrected chi connectivity index (χ1v) is 11.2. The number of aryl methyl sites for hydroxylation is 1. The number of aliphatic hydroxyl groups excluding tert-OH is 1. The van der Waals surface area contributed by atoms with Crippen LogP contribution in [-0.2, 0) is 21.7 Å². The van der Waals surface area contributed by atoms with E-state index in [1.807, 2.05) is 60.7 Å². The average Bonchev–Trinajstić information content (AvgIpc) is 2.80. The van der Waals surface area contributed by atoms with Gasteiger partial charge in [0.2, 0.25) is 0 Å². The molecule has 1 N–H and O–H groups in total. The van der Waals surface area contributed by atoms with E-state index >= 15 is 0 Å². The zero-order valence-electron chi connectivity index (χ0n) is 16.9. The van der Waals surface area contributed by atoms with E-state index in [4.69, 9.17) is 4.74 Å². The van der Waals surface area contributed by atoms with Gasteiger partial charge in [0, 0.05) is 5.75 Å². The van der Waals surface area contributed by atoms with Crippen molar-refractivity contribution in [3.8, 4) is 0 Å². The minimum Gasteiger partial charge on any atom is -0.510 e. The Hall–Kier alpha value is -3.05. The van der Waals surface area contributed by atoms with Crippen LogP contribution in [0.4, 0.5) is 4.39 Å². The number of hydrogen-bond acceptors (Lipinski definition) is 4. The van der Waals surface area contributed by atoms with Gasteiger partial charge in [-0.15, -0.1) is 11.8 Å². The van der Waals surface area contributed by atoms with E-state index in [1.165, 1.54) is 23.9 Å². The molecule has 0 aromatic heterocycles. The van der Waals surface area contributed by atoms with E-state index in [1.54, 1.807) is 12.1 Å². The van der Waals surface area contributed by atoms with Gasteiger partial charge in [0.15, 0.2) is 0 Å². The third kappa shape index (κ3) is 5.17. The maximum Gasteiger partial charge on any atom is 0.348 e. The SMILES string of the molecule is O=C1OC(c2ccccc2)C(CCc2ccc(F)cc2)C(O)=C1SCc1ccccc1. The second kappa shape index (κ2) is 9.84. The third-order valence-electron chi connectivity index (χ3n) is 5.38. The molecule has 0 fully saturated rings. The van der Waals surface area contributed by atoms with Crippen molar-refractivity contribution in [1.29, 1.82) is 0 Å². The van der Waals surface area contributed by atoms with Crippen molar-refractivity contribution in [2.24, 2.45) is 5.92 Å². The standard InChI is InChI=1S/C26H23FO3S/c27-21-14-11-18(12-15-21)13-16-22-23(28)25(31-17-19-7-3-1-4-8-19)26(29)30-24(22)20-9-5-2-6-10-20/h1-12,14-15,22,24,28H,13,16-17H2. The topological polar surface area (TPSA) is 46.5 Å². The molecule has 0 amide bonds. The molecule has 1 aliphatic rings. The third-order valence-corrected chi connectivity index (χ3v) is 6.52.